The fourth-order valence-corrected chi connectivity index (χ4v) is 1.59. The third kappa shape index (κ3) is 1.99. The molecule has 2 heterocycles. The molecular formula is C9H14N4O2. The van der Waals surface area contributed by atoms with Crippen molar-refractivity contribution < 1.29 is 9.53 Å². The number of aromatic amines is 1. The Morgan fingerprint density at radius 3 is 3.00 bits per heavy atom. The molecule has 1 saturated heterocycles. The van der Waals surface area contributed by atoms with Crippen LogP contribution in [-0.2, 0) is 4.74 Å². The topological polar surface area (TPSA) is 71.1 Å². The van der Waals surface area contributed by atoms with Crippen LogP contribution in [0.4, 0.5) is 0 Å². The minimum atomic E-state index is -0.158. The van der Waals surface area contributed by atoms with Crippen molar-refractivity contribution in [1.29, 1.82) is 0 Å². The standard InChI is InChI=1S/C9H14N4O2/c1-6-10-8(12-11-6)9(14)13(2)7-3-4-15-5-7/h7H,3-5H2,1-2H3,(H,10,11,12). The number of nitrogens with one attached hydrogen (secondary N) is 1. The third-order valence-electron chi connectivity index (χ3n) is 2.56. The van der Waals surface area contributed by atoms with Gasteiger partial charge >= 0.3 is 0 Å². The lowest BCUT2D eigenvalue weighted by molar-refractivity contribution is 0.0699. The highest BCUT2D eigenvalue weighted by atomic mass is 16.5. The maximum atomic E-state index is 11.9. The highest BCUT2D eigenvalue weighted by molar-refractivity contribution is 5.90. The average molecular weight is 210 g/mol. The number of H-pyrrole nitrogens is 1. The Morgan fingerprint density at radius 1 is 1.67 bits per heavy atom. The van der Waals surface area contributed by atoms with Gasteiger partial charge in [-0.15, -0.1) is 5.10 Å². The maximum Gasteiger partial charge on any atom is 0.293 e. The van der Waals surface area contributed by atoms with Gasteiger partial charge in [-0.25, -0.2) is 4.98 Å². The molecule has 1 N–H and O–H groups in total. The van der Waals surface area contributed by atoms with Gasteiger partial charge in [-0.2, -0.15) is 0 Å². The highest BCUT2D eigenvalue weighted by Gasteiger charge is 2.26. The molecule has 1 aromatic heterocycles. The quantitative estimate of drug-likeness (QED) is 0.744. The summed E-state index contributed by atoms with van der Waals surface area (Å²) in [6.45, 7) is 3.09. The SMILES string of the molecule is Cc1nc(C(=O)N(C)C2CCOC2)n[nH]1. The van der Waals surface area contributed by atoms with Gasteiger partial charge in [0.25, 0.3) is 5.91 Å². The minimum absolute atomic E-state index is 0.149. The summed E-state index contributed by atoms with van der Waals surface area (Å²) in [7, 11) is 1.76. The Kier molecular flexibility index (Phi) is 2.68. The van der Waals surface area contributed by atoms with Crippen molar-refractivity contribution in [2.45, 2.75) is 19.4 Å². The van der Waals surface area contributed by atoms with E-state index in [1.807, 2.05) is 0 Å². The van der Waals surface area contributed by atoms with Crippen LogP contribution in [0.15, 0.2) is 0 Å². The molecule has 0 saturated carbocycles. The molecule has 0 radical (unpaired) electrons. The Morgan fingerprint density at radius 2 is 2.47 bits per heavy atom. The van der Waals surface area contributed by atoms with Crippen molar-refractivity contribution in [3.05, 3.63) is 11.6 Å². The van der Waals surface area contributed by atoms with E-state index in [9.17, 15) is 4.79 Å². The van der Waals surface area contributed by atoms with Gasteiger partial charge in [-0.3, -0.25) is 9.89 Å². The Balaban J connectivity index is 2.06. The van der Waals surface area contributed by atoms with E-state index in [0.717, 1.165) is 13.0 Å². The number of rotatable bonds is 2. The molecule has 2 rings (SSSR count). The van der Waals surface area contributed by atoms with Crippen LogP contribution in [0.25, 0.3) is 0 Å². The first kappa shape index (κ1) is 10.1. The number of carbonyl (C=O) groups excluding carboxylic acids is 1. The molecule has 1 amide bonds. The molecule has 0 bridgehead atoms. The predicted octanol–water partition coefficient (Wildman–Crippen LogP) is -0.0260. The van der Waals surface area contributed by atoms with Crippen LogP contribution < -0.4 is 0 Å². The fraction of sp³-hybridized carbons (Fsp3) is 0.667. The third-order valence-corrected chi connectivity index (χ3v) is 2.56. The van der Waals surface area contributed by atoms with Crippen LogP contribution in [0.5, 0.6) is 0 Å². The maximum absolute atomic E-state index is 11.9. The summed E-state index contributed by atoms with van der Waals surface area (Å²) < 4.78 is 5.23. The molecule has 1 fully saturated rings. The molecule has 6 heteroatoms. The van der Waals surface area contributed by atoms with E-state index in [2.05, 4.69) is 15.2 Å². The smallest absolute Gasteiger partial charge is 0.293 e. The number of aromatic nitrogens is 3. The average Bonchev–Trinajstić information content (AvgIpc) is 2.85. The monoisotopic (exact) mass is 210 g/mol. The van der Waals surface area contributed by atoms with E-state index in [1.54, 1.807) is 18.9 Å². The summed E-state index contributed by atoms with van der Waals surface area (Å²) in [6, 6.07) is 0.149. The molecule has 1 atom stereocenters. The lowest BCUT2D eigenvalue weighted by Gasteiger charge is -2.21. The van der Waals surface area contributed by atoms with Gasteiger partial charge in [0.2, 0.25) is 5.82 Å². The first-order valence-corrected chi connectivity index (χ1v) is 4.92. The minimum Gasteiger partial charge on any atom is -0.379 e. The van der Waals surface area contributed by atoms with E-state index in [4.69, 9.17) is 4.74 Å². The Hall–Kier alpha value is -1.43. The van der Waals surface area contributed by atoms with Crippen molar-refractivity contribution in [2.75, 3.05) is 20.3 Å². The molecule has 6 nitrogen and oxygen atoms in total. The zero-order chi connectivity index (χ0) is 10.8. The van der Waals surface area contributed by atoms with E-state index in [1.165, 1.54) is 0 Å². The summed E-state index contributed by atoms with van der Waals surface area (Å²) in [5.41, 5.74) is 0. The summed E-state index contributed by atoms with van der Waals surface area (Å²) >= 11 is 0. The number of ether oxygens (including phenoxy) is 1. The lowest BCUT2D eigenvalue weighted by Crippen LogP contribution is -2.37. The summed E-state index contributed by atoms with van der Waals surface area (Å²) in [5.74, 6) is 0.714. The molecular weight excluding hydrogens is 196 g/mol. The fourth-order valence-electron chi connectivity index (χ4n) is 1.59. The van der Waals surface area contributed by atoms with E-state index in [-0.39, 0.29) is 17.8 Å². The Labute approximate surface area is 87.6 Å². The van der Waals surface area contributed by atoms with Crippen molar-refractivity contribution in [3.63, 3.8) is 0 Å². The van der Waals surface area contributed by atoms with Gasteiger partial charge in [0.1, 0.15) is 5.82 Å². The number of hydrogen-bond acceptors (Lipinski definition) is 4. The van der Waals surface area contributed by atoms with Crippen LogP contribution in [0.3, 0.4) is 0 Å². The van der Waals surface area contributed by atoms with Crippen molar-refractivity contribution in [1.82, 2.24) is 20.1 Å². The second-order valence-corrected chi connectivity index (χ2v) is 3.68. The predicted molar refractivity (Wildman–Crippen MR) is 52.4 cm³/mol. The van der Waals surface area contributed by atoms with Gasteiger partial charge in [0.15, 0.2) is 0 Å². The number of aryl methyl sites for hydroxylation is 1. The molecule has 1 unspecified atom stereocenters. The van der Waals surface area contributed by atoms with E-state index < -0.39 is 0 Å². The normalized spacial score (nSPS) is 20.5. The van der Waals surface area contributed by atoms with Crippen LogP contribution in [0.2, 0.25) is 0 Å². The van der Waals surface area contributed by atoms with Gasteiger partial charge in [0.05, 0.1) is 12.6 Å². The molecule has 0 spiro atoms. The molecule has 1 aliphatic heterocycles. The van der Waals surface area contributed by atoms with E-state index >= 15 is 0 Å². The van der Waals surface area contributed by atoms with Crippen LogP contribution in [0, 0.1) is 6.92 Å². The molecule has 1 aromatic rings. The summed E-state index contributed by atoms with van der Waals surface area (Å²) in [5, 5.41) is 6.50. The lowest BCUT2D eigenvalue weighted by atomic mass is 10.2. The molecule has 1 aliphatic rings. The first-order chi connectivity index (χ1) is 7.18. The molecule has 0 aromatic carbocycles. The van der Waals surface area contributed by atoms with Crippen molar-refractivity contribution in [3.8, 4) is 0 Å². The van der Waals surface area contributed by atoms with Crippen LogP contribution >= 0.6 is 0 Å². The highest BCUT2D eigenvalue weighted by Crippen LogP contribution is 2.12. The van der Waals surface area contributed by atoms with Crippen molar-refractivity contribution >= 4 is 5.91 Å². The second-order valence-electron chi connectivity index (χ2n) is 3.68. The zero-order valence-electron chi connectivity index (χ0n) is 8.86. The zero-order valence-corrected chi connectivity index (χ0v) is 8.86. The second kappa shape index (κ2) is 3.98. The summed E-state index contributed by atoms with van der Waals surface area (Å²) in [4.78, 5) is 17.5. The number of hydrogen-bond donors (Lipinski definition) is 1. The van der Waals surface area contributed by atoms with Gasteiger partial charge in [-0.1, -0.05) is 0 Å². The summed E-state index contributed by atoms with van der Waals surface area (Å²) in [6.07, 6.45) is 0.881. The van der Waals surface area contributed by atoms with Crippen LogP contribution in [-0.4, -0.2) is 52.3 Å². The van der Waals surface area contributed by atoms with Gasteiger partial charge in [0, 0.05) is 13.7 Å². The Bertz CT molecular complexity index is 357. The molecule has 0 aliphatic carbocycles. The number of amides is 1. The molecule has 82 valence electrons. The largest absolute Gasteiger partial charge is 0.379 e. The van der Waals surface area contributed by atoms with Crippen molar-refractivity contribution in [2.24, 2.45) is 0 Å². The van der Waals surface area contributed by atoms with Gasteiger partial charge in [-0.05, 0) is 13.3 Å². The van der Waals surface area contributed by atoms with Crippen LogP contribution in [0.1, 0.15) is 22.9 Å². The molecule has 15 heavy (non-hydrogen) atoms. The number of likely N-dealkylation sites (N-methyl/N-ethyl adjacent to an activating group) is 1. The number of nitrogens with zero attached hydrogens (tertiary/aromatic N) is 3. The number of carbonyl (C=O) groups is 1. The van der Waals surface area contributed by atoms with E-state index in [0.29, 0.717) is 12.4 Å². The first-order valence-electron chi connectivity index (χ1n) is 4.92. The van der Waals surface area contributed by atoms with Gasteiger partial charge < -0.3 is 9.64 Å².